The van der Waals surface area contributed by atoms with E-state index < -0.39 is 0 Å². The molecule has 18 valence electrons. The Morgan fingerprint density at radius 1 is 1.75 bits per heavy atom. The predicted molar refractivity (Wildman–Crippen MR) is 7.84 cm³/mol. The maximum absolute atomic E-state index is 9.04. The first-order valence-electron chi connectivity index (χ1n) is 0.373. The second-order valence-corrected chi connectivity index (χ2v) is 2.67. The van der Waals surface area contributed by atoms with Gasteiger partial charge in [0.25, 0.3) is 0 Å². The Morgan fingerprint density at radius 2 is 1.75 bits per heavy atom. The molecule has 1 nitrogen and oxygen atoms in total. The van der Waals surface area contributed by atoms with Crippen molar-refractivity contribution in [2.45, 2.75) is 0 Å². The van der Waals surface area contributed by atoms with Gasteiger partial charge in [0.2, 0.25) is 0 Å². The molecule has 0 fully saturated rings. The Hall–Kier alpha value is 2.51. The van der Waals surface area contributed by atoms with Crippen molar-refractivity contribution >= 4 is 29.6 Å². The first-order valence-corrected chi connectivity index (χ1v) is 7.19. The molecule has 0 atom stereocenters. The molecule has 0 aliphatic rings. The summed E-state index contributed by atoms with van der Waals surface area (Å²) in [6, 6.07) is 0. The molecular weight excluding hydrogens is 233 g/mol. The van der Waals surface area contributed by atoms with Crippen LogP contribution in [0.1, 0.15) is 0 Å². The molecule has 4 heavy (non-hydrogen) atoms. The molecule has 0 heterocycles. The fourth-order valence-electron chi connectivity index (χ4n) is 0. The molecule has 0 N–H and O–H groups in total. The molecule has 0 aromatic heterocycles. The van der Waals surface area contributed by atoms with E-state index in [0.717, 1.165) is 0 Å². The summed E-state index contributed by atoms with van der Waals surface area (Å²) in [6.07, 6.45) is 0. The van der Waals surface area contributed by atoms with Crippen LogP contribution < -0.4 is 0 Å². The van der Waals surface area contributed by atoms with E-state index in [1.54, 1.807) is 0 Å². The van der Waals surface area contributed by atoms with Gasteiger partial charge in [-0.15, -0.1) is 0 Å². The van der Waals surface area contributed by atoms with Crippen molar-refractivity contribution in [3.05, 3.63) is 0 Å². The summed E-state index contributed by atoms with van der Waals surface area (Å²) in [5.41, 5.74) is 0. The zero-order valence-corrected chi connectivity index (χ0v) is 6.17. The molecule has 0 saturated carbocycles. The summed E-state index contributed by atoms with van der Waals surface area (Å²) in [5.74, 6) is 0. The van der Waals surface area contributed by atoms with Gasteiger partial charge in [-0.3, -0.25) is 0 Å². The Bertz CT molecular complexity index is 15.5. The van der Waals surface area contributed by atoms with Gasteiger partial charge in [-0.25, -0.2) is 0 Å². The fraction of sp³-hybridized carbons (Fsp3) is 0. The summed E-state index contributed by atoms with van der Waals surface area (Å²) in [4.78, 5) is 0. The van der Waals surface area contributed by atoms with Crippen LogP contribution in [0.15, 0.2) is 0 Å². The molecule has 0 bridgehead atoms. The molecule has 0 aliphatic carbocycles. The first-order chi connectivity index (χ1) is 1.41. The zero-order chi connectivity index (χ0) is 2.71. The van der Waals surface area contributed by atoms with Crippen molar-refractivity contribution in [1.82, 2.24) is 0 Å². The molecular formula is HLaMnNaO. The van der Waals surface area contributed by atoms with Crippen molar-refractivity contribution < 1.29 is 43.8 Å². The van der Waals surface area contributed by atoms with Gasteiger partial charge in [-0.05, 0) is 0 Å². The Labute approximate surface area is 71.6 Å². The SMILES string of the molecule is [NaH].[O]=[Mn][La]. The van der Waals surface area contributed by atoms with Crippen LogP contribution in [0.2, 0.25) is 0 Å². The van der Waals surface area contributed by atoms with Crippen LogP contribution in [-0.2, 0) is 13.0 Å². The average molecular weight is 234 g/mol. The Kier molecular flexibility index (Phi) is 22.1. The van der Waals surface area contributed by atoms with Gasteiger partial charge in [0.05, 0.1) is 0 Å². The quantitative estimate of drug-likeness (QED) is 0.503. The molecule has 4 heteroatoms. The monoisotopic (exact) mass is 234 g/mol. The van der Waals surface area contributed by atoms with Gasteiger partial charge in [-0.1, -0.05) is 0 Å². The Morgan fingerprint density at radius 3 is 1.75 bits per heavy atom. The third-order valence-corrected chi connectivity index (χ3v) is 0. The molecule has 0 unspecified atom stereocenters. The van der Waals surface area contributed by atoms with Crippen molar-refractivity contribution in [2.75, 3.05) is 0 Å². The van der Waals surface area contributed by atoms with Gasteiger partial charge in [0.1, 0.15) is 0 Å². The topological polar surface area (TPSA) is 17.1 Å². The van der Waals surface area contributed by atoms with Crippen LogP contribution in [0.5, 0.6) is 0 Å². The van der Waals surface area contributed by atoms with E-state index >= 15 is 0 Å². The summed E-state index contributed by atoms with van der Waals surface area (Å²) >= 11 is 0.693. The van der Waals surface area contributed by atoms with Gasteiger partial charge in [0, 0.05) is 0 Å². The summed E-state index contributed by atoms with van der Waals surface area (Å²) < 4.78 is 9.04. The third kappa shape index (κ3) is 8.82. The minimum absolute atomic E-state index is 0. The van der Waals surface area contributed by atoms with Crippen LogP contribution >= 0.6 is 0 Å². The standard InChI is InChI=1S/La.Mn.Na.O.H. The maximum atomic E-state index is 9.04. The molecule has 0 spiro atoms. The van der Waals surface area contributed by atoms with E-state index in [4.69, 9.17) is 3.83 Å². The van der Waals surface area contributed by atoms with Crippen LogP contribution in [-0.4, -0.2) is 29.6 Å². The third-order valence-electron chi connectivity index (χ3n) is 0. The van der Waals surface area contributed by atoms with E-state index in [-0.39, 0.29) is 38.7 Å². The van der Waals surface area contributed by atoms with Gasteiger partial charge >= 0.3 is 73.4 Å². The molecule has 0 amide bonds. The predicted octanol–water partition coefficient (Wildman–Crippen LogP) is -0.770. The fourth-order valence-corrected chi connectivity index (χ4v) is 0. The number of rotatable bonds is 0. The van der Waals surface area contributed by atoms with E-state index in [0.29, 0.717) is 30.9 Å². The van der Waals surface area contributed by atoms with E-state index in [1.165, 1.54) is 0 Å². The zero-order valence-electron chi connectivity index (χ0n) is 1.36. The second-order valence-electron chi connectivity index (χ2n) is 0.0891. The number of hydrogen-bond acceptors (Lipinski definition) is 1. The van der Waals surface area contributed by atoms with Crippen molar-refractivity contribution in [3.8, 4) is 0 Å². The van der Waals surface area contributed by atoms with E-state index in [1.807, 2.05) is 0 Å². The van der Waals surface area contributed by atoms with Crippen LogP contribution in [0.4, 0.5) is 0 Å². The van der Waals surface area contributed by atoms with Gasteiger partial charge in [-0.2, -0.15) is 0 Å². The van der Waals surface area contributed by atoms with Crippen LogP contribution in [0, 0.1) is 30.9 Å². The van der Waals surface area contributed by atoms with E-state index in [2.05, 4.69) is 0 Å². The first kappa shape index (κ1) is 9.72. The van der Waals surface area contributed by atoms with E-state index in [9.17, 15) is 0 Å². The minimum atomic E-state index is -0.0208. The van der Waals surface area contributed by atoms with Gasteiger partial charge < -0.3 is 0 Å². The van der Waals surface area contributed by atoms with Crippen LogP contribution in [0.3, 0.4) is 0 Å². The summed E-state index contributed by atoms with van der Waals surface area (Å²) in [7, 11) is -0.0208. The second kappa shape index (κ2) is 9.10. The molecule has 0 aromatic rings. The number of hydrogen-bond donors (Lipinski definition) is 0. The van der Waals surface area contributed by atoms with Crippen molar-refractivity contribution in [2.24, 2.45) is 0 Å². The van der Waals surface area contributed by atoms with Crippen LogP contribution in [0.25, 0.3) is 0 Å². The molecule has 0 aliphatic heterocycles. The summed E-state index contributed by atoms with van der Waals surface area (Å²) in [6.45, 7) is 0. The summed E-state index contributed by atoms with van der Waals surface area (Å²) in [5, 5.41) is 0. The molecule has 0 radical (unpaired) electrons. The average Bonchev–Trinajstić information content (AvgIpc) is 0.918. The Balaban J connectivity index is 0. The van der Waals surface area contributed by atoms with Crippen molar-refractivity contribution in [1.29, 1.82) is 0 Å². The normalized spacial score (nSPS) is 3.75. The van der Waals surface area contributed by atoms with Crippen molar-refractivity contribution in [3.63, 3.8) is 0 Å². The molecule has 0 saturated heterocycles. The van der Waals surface area contributed by atoms with Gasteiger partial charge in [0.15, 0.2) is 0 Å². The molecule has 0 aromatic carbocycles. The molecule has 0 rings (SSSR count).